The zero-order valence-corrected chi connectivity index (χ0v) is 15.1. The lowest BCUT2D eigenvalue weighted by atomic mass is 10.00. The van der Waals surface area contributed by atoms with Crippen molar-refractivity contribution in [2.45, 2.75) is 64.5 Å². The van der Waals surface area contributed by atoms with Gasteiger partial charge in [-0.25, -0.2) is 0 Å². The summed E-state index contributed by atoms with van der Waals surface area (Å²) in [6, 6.07) is 0.526. The van der Waals surface area contributed by atoms with Crippen LogP contribution in [-0.2, 0) is 18.2 Å². The van der Waals surface area contributed by atoms with Gasteiger partial charge in [0.1, 0.15) is 0 Å². The second kappa shape index (κ2) is 7.80. The highest BCUT2D eigenvalue weighted by Gasteiger charge is 2.36. The maximum atomic E-state index is 6.33. The molecule has 2 atom stereocenters. The molecule has 2 fully saturated rings. The fraction of sp³-hybridized carbons (Fsp3) is 0.842. The van der Waals surface area contributed by atoms with E-state index in [1.54, 1.807) is 0 Å². The lowest BCUT2D eigenvalue weighted by molar-refractivity contribution is 0.0183. The van der Waals surface area contributed by atoms with Gasteiger partial charge in [0, 0.05) is 39.0 Å². The van der Waals surface area contributed by atoms with Crippen molar-refractivity contribution in [1.82, 2.24) is 14.7 Å². The Morgan fingerprint density at radius 2 is 2.04 bits per heavy atom. The molecule has 1 aromatic heterocycles. The quantitative estimate of drug-likeness (QED) is 0.700. The van der Waals surface area contributed by atoms with Crippen LogP contribution in [0.15, 0.2) is 12.4 Å². The van der Waals surface area contributed by atoms with Crippen LogP contribution in [0.1, 0.15) is 51.5 Å². The highest BCUT2D eigenvalue weighted by atomic mass is 16.5. The number of nitrogens with zero attached hydrogens (tertiary/aromatic N) is 3. The second-order valence-corrected chi connectivity index (χ2v) is 7.58. The minimum absolute atomic E-state index is 0.408. The number of likely N-dealkylation sites (tertiary alicyclic amines) is 1. The molecule has 3 rings (SSSR count). The average Bonchev–Trinajstić information content (AvgIpc) is 3.19. The van der Waals surface area contributed by atoms with Crippen LogP contribution in [0.25, 0.3) is 0 Å². The molecule has 0 unspecified atom stereocenters. The van der Waals surface area contributed by atoms with E-state index in [9.17, 15) is 0 Å². The molecule has 0 amide bonds. The van der Waals surface area contributed by atoms with Crippen molar-refractivity contribution in [2.24, 2.45) is 18.9 Å². The first-order chi connectivity index (χ1) is 11.2. The van der Waals surface area contributed by atoms with Gasteiger partial charge in [-0.15, -0.1) is 0 Å². The zero-order valence-electron chi connectivity index (χ0n) is 15.1. The molecule has 2 aliphatic rings. The Kier molecular flexibility index (Phi) is 5.76. The average molecular weight is 319 g/mol. The lowest BCUT2D eigenvalue weighted by Gasteiger charge is -2.30. The maximum absolute atomic E-state index is 6.33. The van der Waals surface area contributed by atoms with E-state index in [1.807, 2.05) is 17.9 Å². The summed E-state index contributed by atoms with van der Waals surface area (Å²) in [7, 11) is 2.00. The molecule has 0 N–H and O–H groups in total. The summed E-state index contributed by atoms with van der Waals surface area (Å²) >= 11 is 0. The molecule has 1 aliphatic carbocycles. The third-order valence-corrected chi connectivity index (χ3v) is 5.69. The van der Waals surface area contributed by atoms with Gasteiger partial charge in [-0.3, -0.25) is 9.58 Å². The molecule has 1 saturated heterocycles. The summed E-state index contributed by atoms with van der Waals surface area (Å²) in [5.74, 6) is 1.66. The molecule has 23 heavy (non-hydrogen) atoms. The van der Waals surface area contributed by atoms with Crippen molar-refractivity contribution in [3.05, 3.63) is 18.0 Å². The van der Waals surface area contributed by atoms with Gasteiger partial charge < -0.3 is 4.74 Å². The minimum Gasteiger partial charge on any atom is -0.376 e. The number of hydrogen-bond donors (Lipinski definition) is 0. The van der Waals surface area contributed by atoms with Gasteiger partial charge in [0.05, 0.1) is 12.3 Å². The van der Waals surface area contributed by atoms with Gasteiger partial charge in [0.25, 0.3) is 0 Å². The van der Waals surface area contributed by atoms with Crippen molar-refractivity contribution in [2.75, 3.05) is 19.7 Å². The molecule has 1 aliphatic heterocycles. The molecule has 4 heteroatoms. The molecule has 0 bridgehead atoms. The third kappa shape index (κ3) is 4.57. The first-order valence-electron chi connectivity index (χ1n) is 9.52. The molecule has 0 aromatic carbocycles. The van der Waals surface area contributed by atoms with Crippen LogP contribution in [0.3, 0.4) is 0 Å². The van der Waals surface area contributed by atoms with Crippen molar-refractivity contribution < 1.29 is 4.74 Å². The summed E-state index contributed by atoms with van der Waals surface area (Å²) in [6.07, 6.45) is 12.2. The monoisotopic (exact) mass is 319 g/mol. The molecule has 0 spiro atoms. The third-order valence-electron chi connectivity index (χ3n) is 5.69. The molecule has 130 valence electrons. The standard InChI is InChI=1S/C19H33N3O/c1-4-15(5-2)13-22-9-8-19(23-14-16-6-7-16)18(22)10-17-11-20-21(3)12-17/h11-12,15-16,18-19H,4-10,13-14H2,1-3H3/t18-,19+/m0/s1. The number of aryl methyl sites for hydroxylation is 1. The largest absolute Gasteiger partial charge is 0.376 e. The Bertz CT molecular complexity index is 479. The SMILES string of the molecule is CCC(CC)CN1CC[C@@H](OCC2CC2)[C@@H]1Cc1cnn(C)c1. The van der Waals surface area contributed by atoms with Crippen LogP contribution >= 0.6 is 0 Å². The van der Waals surface area contributed by atoms with E-state index >= 15 is 0 Å². The summed E-state index contributed by atoms with van der Waals surface area (Å²) in [6.45, 7) is 8.04. The summed E-state index contributed by atoms with van der Waals surface area (Å²) in [5.41, 5.74) is 1.34. The lowest BCUT2D eigenvalue weighted by Crippen LogP contribution is -2.40. The summed E-state index contributed by atoms with van der Waals surface area (Å²) < 4.78 is 8.24. The molecular weight excluding hydrogens is 286 g/mol. The summed E-state index contributed by atoms with van der Waals surface area (Å²) in [4.78, 5) is 2.70. The van der Waals surface area contributed by atoms with Crippen LogP contribution in [0.2, 0.25) is 0 Å². The predicted octanol–water partition coefficient (Wildman–Crippen LogP) is 3.27. The van der Waals surface area contributed by atoms with E-state index < -0.39 is 0 Å². The molecule has 0 radical (unpaired) electrons. The second-order valence-electron chi connectivity index (χ2n) is 7.58. The fourth-order valence-electron chi connectivity index (χ4n) is 3.81. The number of ether oxygens (including phenoxy) is 1. The van der Waals surface area contributed by atoms with Gasteiger partial charge >= 0.3 is 0 Å². The molecule has 4 nitrogen and oxygen atoms in total. The number of aromatic nitrogens is 2. The number of rotatable bonds is 9. The Morgan fingerprint density at radius 1 is 1.26 bits per heavy atom. The van der Waals surface area contributed by atoms with Gasteiger partial charge in [-0.2, -0.15) is 5.10 Å². The number of hydrogen-bond acceptors (Lipinski definition) is 3. The van der Waals surface area contributed by atoms with Gasteiger partial charge in [0.2, 0.25) is 0 Å². The maximum Gasteiger partial charge on any atom is 0.0745 e. The van der Waals surface area contributed by atoms with Gasteiger partial charge in [-0.05, 0) is 43.1 Å². The first-order valence-corrected chi connectivity index (χ1v) is 9.52. The highest BCUT2D eigenvalue weighted by molar-refractivity contribution is 5.08. The van der Waals surface area contributed by atoms with Crippen LogP contribution in [-0.4, -0.2) is 46.5 Å². The Hall–Kier alpha value is -0.870. The Balaban J connectivity index is 1.64. The van der Waals surface area contributed by atoms with E-state index in [4.69, 9.17) is 4.74 Å². The molecule has 1 saturated carbocycles. The van der Waals surface area contributed by atoms with Crippen molar-refractivity contribution in [1.29, 1.82) is 0 Å². The van der Waals surface area contributed by atoms with Crippen LogP contribution in [0.5, 0.6) is 0 Å². The predicted molar refractivity (Wildman–Crippen MR) is 93.4 cm³/mol. The molecular formula is C19H33N3O. The van der Waals surface area contributed by atoms with E-state index in [2.05, 4.69) is 30.0 Å². The normalized spacial score (nSPS) is 25.6. The van der Waals surface area contributed by atoms with Crippen LogP contribution in [0, 0.1) is 11.8 Å². The van der Waals surface area contributed by atoms with Crippen molar-refractivity contribution >= 4 is 0 Å². The van der Waals surface area contributed by atoms with E-state index in [1.165, 1.54) is 50.8 Å². The molecule has 1 aromatic rings. The summed E-state index contributed by atoms with van der Waals surface area (Å²) in [5, 5.41) is 4.34. The van der Waals surface area contributed by atoms with Crippen molar-refractivity contribution in [3.63, 3.8) is 0 Å². The minimum atomic E-state index is 0.408. The van der Waals surface area contributed by atoms with E-state index in [0.717, 1.165) is 24.9 Å². The van der Waals surface area contributed by atoms with E-state index in [-0.39, 0.29) is 0 Å². The smallest absolute Gasteiger partial charge is 0.0745 e. The topological polar surface area (TPSA) is 30.3 Å². The highest BCUT2D eigenvalue weighted by Crippen LogP contribution is 2.32. The van der Waals surface area contributed by atoms with Gasteiger partial charge in [-0.1, -0.05) is 26.7 Å². The zero-order chi connectivity index (χ0) is 16.2. The van der Waals surface area contributed by atoms with Crippen LogP contribution < -0.4 is 0 Å². The van der Waals surface area contributed by atoms with Crippen molar-refractivity contribution in [3.8, 4) is 0 Å². The van der Waals surface area contributed by atoms with Gasteiger partial charge in [0.15, 0.2) is 0 Å². The Morgan fingerprint density at radius 3 is 2.65 bits per heavy atom. The fourth-order valence-corrected chi connectivity index (χ4v) is 3.81. The van der Waals surface area contributed by atoms with Crippen LogP contribution in [0.4, 0.5) is 0 Å². The Labute approximate surface area is 141 Å². The van der Waals surface area contributed by atoms with E-state index in [0.29, 0.717) is 12.1 Å². The first kappa shape index (κ1) is 17.0. The molecule has 2 heterocycles.